The second-order valence-corrected chi connectivity index (χ2v) is 6.08. The number of benzene rings is 2. The first-order valence-electron chi connectivity index (χ1n) is 8.43. The maximum absolute atomic E-state index is 13.2. The van der Waals surface area contributed by atoms with Crippen molar-refractivity contribution in [3.05, 3.63) is 65.5 Å². The molecule has 0 saturated carbocycles. The molecule has 0 aliphatic carbocycles. The van der Waals surface area contributed by atoms with Crippen molar-refractivity contribution in [2.75, 3.05) is 26.9 Å². The van der Waals surface area contributed by atoms with Gasteiger partial charge in [-0.2, -0.15) is 0 Å². The Kier molecular flexibility index (Phi) is 5.66. The summed E-state index contributed by atoms with van der Waals surface area (Å²) < 4.78 is 23.9. The van der Waals surface area contributed by atoms with Crippen molar-refractivity contribution in [1.29, 1.82) is 0 Å². The molecule has 1 amide bonds. The summed E-state index contributed by atoms with van der Waals surface area (Å²) in [4.78, 5) is 14.6. The van der Waals surface area contributed by atoms with E-state index in [0.29, 0.717) is 32.6 Å². The number of methoxy groups -OCH3 is 1. The largest absolute Gasteiger partial charge is 0.497 e. The van der Waals surface area contributed by atoms with Crippen LogP contribution in [-0.4, -0.2) is 37.7 Å². The lowest BCUT2D eigenvalue weighted by Crippen LogP contribution is -2.43. The maximum atomic E-state index is 13.2. The third kappa shape index (κ3) is 4.37. The molecule has 0 bridgehead atoms. The van der Waals surface area contributed by atoms with Gasteiger partial charge in [0, 0.05) is 13.0 Å². The topological polar surface area (TPSA) is 38.8 Å². The van der Waals surface area contributed by atoms with Gasteiger partial charge in [-0.05, 0) is 41.8 Å². The fourth-order valence-electron chi connectivity index (χ4n) is 3.09. The van der Waals surface area contributed by atoms with Crippen LogP contribution in [0.1, 0.15) is 23.6 Å². The van der Waals surface area contributed by atoms with Crippen molar-refractivity contribution in [3.8, 4) is 5.75 Å². The number of ether oxygens (including phenoxy) is 2. The molecular weight excluding hydrogens is 321 g/mol. The van der Waals surface area contributed by atoms with E-state index in [1.807, 2.05) is 29.2 Å². The number of rotatable bonds is 5. The molecular formula is C20H22FNO3. The summed E-state index contributed by atoms with van der Waals surface area (Å²) in [7, 11) is 1.63. The van der Waals surface area contributed by atoms with Gasteiger partial charge in [0.25, 0.3) is 0 Å². The lowest BCUT2D eigenvalue weighted by Gasteiger charge is -2.36. The first kappa shape index (κ1) is 17.4. The van der Waals surface area contributed by atoms with Crippen LogP contribution < -0.4 is 4.74 Å². The van der Waals surface area contributed by atoms with Crippen LogP contribution in [0.3, 0.4) is 0 Å². The minimum atomic E-state index is -0.281. The average Bonchev–Trinajstić information content (AvgIpc) is 2.67. The van der Waals surface area contributed by atoms with E-state index in [1.165, 1.54) is 12.1 Å². The highest BCUT2D eigenvalue weighted by Gasteiger charge is 2.28. The molecule has 0 radical (unpaired) electrons. The van der Waals surface area contributed by atoms with Gasteiger partial charge in [-0.1, -0.05) is 24.3 Å². The van der Waals surface area contributed by atoms with Gasteiger partial charge in [0.1, 0.15) is 11.6 Å². The molecule has 4 nitrogen and oxygen atoms in total. The third-order valence-electron chi connectivity index (χ3n) is 4.47. The number of carbonyl (C=O) groups is 1. The fraction of sp³-hybridized carbons (Fsp3) is 0.350. The Morgan fingerprint density at radius 3 is 2.84 bits per heavy atom. The molecule has 1 fully saturated rings. The van der Waals surface area contributed by atoms with E-state index in [2.05, 4.69) is 0 Å². The Bertz CT molecular complexity index is 717. The molecule has 1 aliphatic heterocycles. The van der Waals surface area contributed by atoms with Crippen molar-refractivity contribution >= 4 is 5.91 Å². The summed E-state index contributed by atoms with van der Waals surface area (Å²) in [6.45, 7) is 1.53. The van der Waals surface area contributed by atoms with Gasteiger partial charge >= 0.3 is 0 Å². The van der Waals surface area contributed by atoms with Crippen LogP contribution >= 0.6 is 0 Å². The number of amides is 1. The Morgan fingerprint density at radius 1 is 1.28 bits per heavy atom. The summed E-state index contributed by atoms with van der Waals surface area (Å²) in [5, 5.41) is 0. The maximum Gasteiger partial charge on any atom is 0.223 e. The van der Waals surface area contributed by atoms with E-state index in [1.54, 1.807) is 19.2 Å². The van der Waals surface area contributed by atoms with Gasteiger partial charge in [-0.3, -0.25) is 4.79 Å². The van der Waals surface area contributed by atoms with Crippen LogP contribution in [0.25, 0.3) is 0 Å². The Labute approximate surface area is 147 Å². The molecule has 1 atom stereocenters. The predicted octanol–water partition coefficient (Wildman–Crippen LogP) is 3.37. The zero-order chi connectivity index (χ0) is 17.6. The second kappa shape index (κ2) is 8.12. The highest BCUT2D eigenvalue weighted by molar-refractivity contribution is 5.77. The van der Waals surface area contributed by atoms with Crippen LogP contribution in [0.2, 0.25) is 0 Å². The van der Waals surface area contributed by atoms with Crippen molar-refractivity contribution in [2.45, 2.75) is 18.9 Å². The van der Waals surface area contributed by atoms with E-state index >= 15 is 0 Å². The lowest BCUT2D eigenvalue weighted by atomic mass is 10.0. The standard InChI is InChI=1S/C20H22FNO3/c1-24-18-4-2-3-15(13-18)5-10-20(23)22-11-12-25-14-19(22)16-6-8-17(21)9-7-16/h2-4,6-9,13,19H,5,10-12,14H2,1H3. The highest BCUT2D eigenvalue weighted by atomic mass is 19.1. The molecule has 1 heterocycles. The number of morpholine rings is 1. The molecule has 0 aromatic heterocycles. The average molecular weight is 343 g/mol. The quantitative estimate of drug-likeness (QED) is 0.835. The molecule has 3 rings (SSSR count). The molecule has 25 heavy (non-hydrogen) atoms. The number of aryl methyl sites for hydroxylation is 1. The van der Waals surface area contributed by atoms with E-state index in [4.69, 9.17) is 9.47 Å². The van der Waals surface area contributed by atoms with Crippen molar-refractivity contribution in [3.63, 3.8) is 0 Å². The van der Waals surface area contributed by atoms with E-state index in [0.717, 1.165) is 16.9 Å². The molecule has 1 saturated heterocycles. The summed E-state index contributed by atoms with van der Waals surface area (Å²) in [6, 6.07) is 13.9. The number of carbonyl (C=O) groups excluding carboxylic acids is 1. The number of hydrogen-bond donors (Lipinski definition) is 0. The normalized spacial score (nSPS) is 17.4. The zero-order valence-corrected chi connectivity index (χ0v) is 14.3. The fourth-order valence-corrected chi connectivity index (χ4v) is 3.09. The molecule has 2 aromatic rings. The Balaban J connectivity index is 1.67. The minimum absolute atomic E-state index is 0.0837. The van der Waals surface area contributed by atoms with Crippen molar-refractivity contribution in [2.24, 2.45) is 0 Å². The summed E-state index contributed by atoms with van der Waals surface area (Å²) >= 11 is 0. The van der Waals surface area contributed by atoms with Gasteiger partial charge in [-0.15, -0.1) is 0 Å². The first-order chi connectivity index (χ1) is 12.2. The van der Waals surface area contributed by atoms with Gasteiger partial charge in [-0.25, -0.2) is 4.39 Å². The Hall–Kier alpha value is -2.40. The van der Waals surface area contributed by atoms with E-state index in [-0.39, 0.29) is 17.8 Å². The van der Waals surface area contributed by atoms with Crippen LogP contribution in [-0.2, 0) is 16.0 Å². The number of halogens is 1. The summed E-state index contributed by atoms with van der Waals surface area (Å²) in [5.41, 5.74) is 1.97. The first-order valence-corrected chi connectivity index (χ1v) is 8.43. The van der Waals surface area contributed by atoms with Crippen LogP contribution in [0.4, 0.5) is 4.39 Å². The molecule has 0 spiro atoms. The van der Waals surface area contributed by atoms with Gasteiger partial charge in [0.2, 0.25) is 5.91 Å². The van der Waals surface area contributed by atoms with E-state index in [9.17, 15) is 9.18 Å². The molecule has 1 aliphatic rings. The minimum Gasteiger partial charge on any atom is -0.497 e. The second-order valence-electron chi connectivity index (χ2n) is 6.08. The van der Waals surface area contributed by atoms with Crippen LogP contribution in [0.5, 0.6) is 5.75 Å². The lowest BCUT2D eigenvalue weighted by molar-refractivity contribution is -0.140. The van der Waals surface area contributed by atoms with Crippen LogP contribution in [0.15, 0.2) is 48.5 Å². The van der Waals surface area contributed by atoms with E-state index < -0.39 is 0 Å². The molecule has 1 unspecified atom stereocenters. The monoisotopic (exact) mass is 343 g/mol. The number of hydrogen-bond acceptors (Lipinski definition) is 3. The predicted molar refractivity (Wildman–Crippen MR) is 93.0 cm³/mol. The van der Waals surface area contributed by atoms with Gasteiger partial charge in [0.15, 0.2) is 0 Å². The SMILES string of the molecule is COc1cccc(CCC(=O)N2CCOCC2c2ccc(F)cc2)c1. The molecule has 132 valence electrons. The Morgan fingerprint density at radius 2 is 2.08 bits per heavy atom. The third-order valence-corrected chi connectivity index (χ3v) is 4.47. The highest BCUT2D eigenvalue weighted by Crippen LogP contribution is 2.25. The van der Waals surface area contributed by atoms with Gasteiger partial charge in [0.05, 0.1) is 26.4 Å². The van der Waals surface area contributed by atoms with Crippen molar-refractivity contribution < 1.29 is 18.7 Å². The van der Waals surface area contributed by atoms with Crippen molar-refractivity contribution in [1.82, 2.24) is 4.90 Å². The smallest absolute Gasteiger partial charge is 0.223 e. The van der Waals surface area contributed by atoms with Gasteiger partial charge < -0.3 is 14.4 Å². The number of nitrogens with zero attached hydrogens (tertiary/aromatic N) is 1. The van der Waals surface area contributed by atoms with Crippen LogP contribution in [0, 0.1) is 5.82 Å². The summed E-state index contributed by atoms with van der Waals surface area (Å²) in [6.07, 6.45) is 1.08. The summed E-state index contributed by atoms with van der Waals surface area (Å²) in [5.74, 6) is 0.595. The molecule has 2 aromatic carbocycles. The molecule has 5 heteroatoms. The molecule has 0 N–H and O–H groups in total. The zero-order valence-electron chi connectivity index (χ0n) is 14.3.